The van der Waals surface area contributed by atoms with Gasteiger partial charge in [-0.1, -0.05) is 44.5 Å². The van der Waals surface area contributed by atoms with Crippen LogP contribution in [-0.2, 0) is 25.6 Å². The number of nitrogens with zero attached hydrogens (tertiary/aromatic N) is 3. The summed E-state index contributed by atoms with van der Waals surface area (Å²) in [5.74, 6) is 0.332. The molecule has 0 aliphatic heterocycles. The molecule has 1 aromatic carbocycles. The Bertz CT molecular complexity index is 801. The van der Waals surface area contributed by atoms with Gasteiger partial charge in [-0.15, -0.1) is 5.10 Å². The van der Waals surface area contributed by atoms with E-state index in [2.05, 4.69) is 31.1 Å². The van der Waals surface area contributed by atoms with Gasteiger partial charge < -0.3 is 9.47 Å². The first-order chi connectivity index (χ1) is 12.9. The van der Waals surface area contributed by atoms with Crippen molar-refractivity contribution in [2.75, 3.05) is 6.61 Å². The molecule has 0 N–H and O–H groups in total. The van der Waals surface area contributed by atoms with Gasteiger partial charge in [-0.2, -0.15) is 0 Å². The lowest BCUT2D eigenvalue weighted by molar-refractivity contribution is -0.167. The Kier molecular flexibility index (Phi) is 6.08. The molecule has 1 aliphatic carbocycles. The molecule has 0 saturated heterocycles. The van der Waals surface area contributed by atoms with Crippen LogP contribution in [0, 0.1) is 17.8 Å². The molecule has 2 aromatic rings. The Morgan fingerprint density at radius 3 is 2.78 bits per heavy atom. The summed E-state index contributed by atoms with van der Waals surface area (Å²) in [4.78, 5) is 24.2. The number of para-hydroxylation sites is 1. The van der Waals surface area contributed by atoms with Crippen molar-refractivity contribution in [2.45, 2.75) is 52.7 Å². The second kappa shape index (κ2) is 8.50. The molecule has 0 unspecified atom stereocenters. The molecule has 146 valence electrons. The average Bonchev–Trinajstić information content (AvgIpc) is 3.03. The van der Waals surface area contributed by atoms with E-state index < -0.39 is 11.9 Å². The molecule has 1 aromatic heterocycles. The summed E-state index contributed by atoms with van der Waals surface area (Å²) in [6.45, 7) is 6.03. The normalized spacial score (nSPS) is 22.7. The highest BCUT2D eigenvalue weighted by Crippen LogP contribution is 2.35. The molecule has 3 atom stereocenters. The standard InChI is InChI=1S/C20H27N3O4/c1-13(2)15-9-8-14(3)10-18(15)27-20(25)12-26-19(24)11-23-17-7-5-4-6-16(17)21-22-23/h4-7,13-15,18H,8-12H2,1-3H3/t14-,15-,18+/m1/s1. The molecular formula is C20H27N3O4. The molecule has 0 amide bonds. The van der Waals surface area contributed by atoms with Gasteiger partial charge in [0.05, 0.1) is 5.52 Å². The van der Waals surface area contributed by atoms with Gasteiger partial charge in [0.25, 0.3) is 0 Å². The van der Waals surface area contributed by atoms with Gasteiger partial charge in [0.15, 0.2) is 6.61 Å². The first-order valence-electron chi connectivity index (χ1n) is 9.57. The third-order valence-corrected chi connectivity index (χ3v) is 5.29. The first-order valence-corrected chi connectivity index (χ1v) is 9.57. The van der Waals surface area contributed by atoms with Crippen LogP contribution in [0.15, 0.2) is 24.3 Å². The van der Waals surface area contributed by atoms with Crippen LogP contribution >= 0.6 is 0 Å². The topological polar surface area (TPSA) is 83.3 Å². The van der Waals surface area contributed by atoms with Crippen LogP contribution in [0.5, 0.6) is 0 Å². The maximum absolute atomic E-state index is 12.2. The summed E-state index contributed by atoms with van der Waals surface area (Å²) in [6.07, 6.45) is 3.00. The van der Waals surface area contributed by atoms with Gasteiger partial charge in [0, 0.05) is 0 Å². The van der Waals surface area contributed by atoms with Crippen molar-refractivity contribution < 1.29 is 19.1 Å². The van der Waals surface area contributed by atoms with Crippen LogP contribution in [0.4, 0.5) is 0 Å². The third-order valence-electron chi connectivity index (χ3n) is 5.29. The molecule has 7 heteroatoms. The Morgan fingerprint density at radius 2 is 2.00 bits per heavy atom. The summed E-state index contributed by atoms with van der Waals surface area (Å²) in [7, 11) is 0. The molecule has 0 bridgehead atoms. The Labute approximate surface area is 159 Å². The Balaban J connectivity index is 1.50. The maximum Gasteiger partial charge on any atom is 0.344 e. The van der Waals surface area contributed by atoms with Gasteiger partial charge in [-0.3, -0.25) is 4.79 Å². The van der Waals surface area contributed by atoms with Gasteiger partial charge in [0.1, 0.15) is 18.2 Å². The van der Waals surface area contributed by atoms with Crippen LogP contribution in [-0.4, -0.2) is 39.6 Å². The minimum Gasteiger partial charge on any atom is -0.460 e. The van der Waals surface area contributed by atoms with E-state index in [0.717, 1.165) is 24.8 Å². The van der Waals surface area contributed by atoms with E-state index in [1.54, 1.807) is 0 Å². The highest BCUT2D eigenvalue weighted by molar-refractivity contribution is 5.79. The molecule has 0 radical (unpaired) electrons. The number of hydrogen-bond acceptors (Lipinski definition) is 6. The zero-order valence-corrected chi connectivity index (χ0v) is 16.1. The Morgan fingerprint density at radius 1 is 1.22 bits per heavy atom. The number of rotatable bonds is 6. The van der Waals surface area contributed by atoms with Crippen LogP contribution in [0.25, 0.3) is 11.0 Å². The first kappa shape index (κ1) is 19.3. The van der Waals surface area contributed by atoms with E-state index in [-0.39, 0.29) is 19.3 Å². The quantitative estimate of drug-likeness (QED) is 0.724. The number of carbonyl (C=O) groups is 2. The molecule has 3 rings (SSSR count). The van der Waals surface area contributed by atoms with E-state index in [1.807, 2.05) is 24.3 Å². The summed E-state index contributed by atoms with van der Waals surface area (Å²) in [6, 6.07) is 7.35. The maximum atomic E-state index is 12.2. The zero-order valence-electron chi connectivity index (χ0n) is 16.1. The predicted molar refractivity (Wildman–Crippen MR) is 99.7 cm³/mol. The molecule has 7 nitrogen and oxygen atoms in total. The molecule has 1 aliphatic rings. The SMILES string of the molecule is CC(C)[C@H]1CC[C@@H](C)C[C@@H]1OC(=O)COC(=O)Cn1nnc2ccccc21. The van der Waals surface area contributed by atoms with Crippen molar-refractivity contribution >= 4 is 23.0 Å². The fourth-order valence-electron chi connectivity index (χ4n) is 3.79. The minimum absolute atomic E-state index is 0.0944. The summed E-state index contributed by atoms with van der Waals surface area (Å²) in [5, 5.41) is 7.93. The van der Waals surface area contributed by atoms with E-state index in [4.69, 9.17) is 9.47 Å². The molecular weight excluding hydrogens is 346 g/mol. The smallest absolute Gasteiger partial charge is 0.344 e. The summed E-state index contributed by atoms with van der Waals surface area (Å²) < 4.78 is 12.2. The number of carbonyl (C=O) groups excluding carboxylic acids is 2. The van der Waals surface area contributed by atoms with E-state index in [1.165, 1.54) is 4.68 Å². The Hall–Kier alpha value is -2.44. The van der Waals surface area contributed by atoms with E-state index in [0.29, 0.717) is 23.3 Å². The van der Waals surface area contributed by atoms with Crippen LogP contribution in [0.1, 0.15) is 40.0 Å². The summed E-state index contributed by atoms with van der Waals surface area (Å²) in [5.41, 5.74) is 1.45. The van der Waals surface area contributed by atoms with Crippen molar-refractivity contribution in [1.29, 1.82) is 0 Å². The average molecular weight is 373 g/mol. The highest BCUT2D eigenvalue weighted by Gasteiger charge is 2.33. The van der Waals surface area contributed by atoms with Crippen molar-refractivity contribution in [3.05, 3.63) is 24.3 Å². The van der Waals surface area contributed by atoms with E-state index >= 15 is 0 Å². The van der Waals surface area contributed by atoms with Crippen molar-refractivity contribution in [2.24, 2.45) is 17.8 Å². The fraction of sp³-hybridized carbons (Fsp3) is 0.600. The van der Waals surface area contributed by atoms with Crippen molar-refractivity contribution in [3.63, 3.8) is 0 Å². The number of benzene rings is 1. The second-order valence-electron chi connectivity index (χ2n) is 7.75. The molecule has 0 spiro atoms. The molecule has 1 heterocycles. The van der Waals surface area contributed by atoms with Gasteiger partial charge in [-0.25, -0.2) is 9.48 Å². The van der Waals surface area contributed by atoms with Crippen LogP contribution in [0.3, 0.4) is 0 Å². The largest absolute Gasteiger partial charge is 0.460 e. The van der Waals surface area contributed by atoms with Crippen LogP contribution < -0.4 is 0 Å². The van der Waals surface area contributed by atoms with E-state index in [9.17, 15) is 9.59 Å². The fourth-order valence-corrected chi connectivity index (χ4v) is 3.79. The van der Waals surface area contributed by atoms with Crippen molar-refractivity contribution in [1.82, 2.24) is 15.0 Å². The van der Waals surface area contributed by atoms with Gasteiger partial charge in [0.2, 0.25) is 0 Å². The van der Waals surface area contributed by atoms with Crippen molar-refractivity contribution in [3.8, 4) is 0 Å². The lowest BCUT2D eigenvalue weighted by Crippen LogP contribution is -2.37. The second-order valence-corrected chi connectivity index (χ2v) is 7.75. The van der Waals surface area contributed by atoms with Gasteiger partial charge in [-0.05, 0) is 42.7 Å². The minimum atomic E-state index is -0.542. The highest BCUT2D eigenvalue weighted by atomic mass is 16.6. The lowest BCUT2D eigenvalue weighted by atomic mass is 9.75. The van der Waals surface area contributed by atoms with Crippen LogP contribution in [0.2, 0.25) is 0 Å². The molecule has 1 fully saturated rings. The zero-order chi connectivity index (χ0) is 19.4. The monoisotopic (exact) mass is 373 g/mol. The number of esters is 2. The molecule has 27 heavy (non-hydrogen) atoms. The summed E-state index contributed by atoms with van der Waals surface area (Å²) >= 11 is 0. The van der Waals surface area contributed by atoms with Gasteiger partial charge >= 0.3 is 11.9 Å². The molecule has 1 saturated carbocycles. The lowest BCUT2D eigenvalue weighted by Gasteiger charge is -2.36. The third kappa shape index (κ3) is 4.84. The number of fused-ring (bicyclic) bond motifs is 1. The number of hydrogen-bond donors (Lipinski definition) is 0. The number of aromatic nitrogens is 3. The predicted octanol–water partition coefficient (Wildman–Crippen LogP) is 2.98. The number of ether oxygens (including phenoxy) is 2.